The van der Waals surface area contributed by atoms with Crippen molar-refractivity contribution >= 4 is 11.1 Å². The number of aromatic nitrogens is 1. The summed E-state index contributed by atoms with van der Waals surface area (Å²) in [6.45, 7) is 0. The fourth-order valence-corrected chi connectivity index (χ4v) is 4.34. The number of nitrogens with zero attached hydrogens (tertiary/aromatic N) is 3. The summed E-state index contributed by atoms with van der Waals surface area (Å²) in [5.41, 5.74) is 1.78. The lowest BCUT2D eigenvalue weighted by molar-refractivity contribution is 0.218. The van der Waals surface area contributed by atoms with Gasteiger partial charge in [-0.3, -0.25) is 4.98 Å². The first-order chi connectivity index (χ1) is 15.0. The Morgan fingerprint density at radius 1 is 0.903 bits per heavy atom. The predicted octanol–water partition coefficient (Wildman–Crippen LogP) is 4.83. The highest BCUT2D eigenvalue weighted by atomic mass is 19.2. The van der Waals surface area contributed by atoms with Crippen LogP contribution in [0.2, 0.25) is 0 Å². The van der Waals surface area contributed by atoms with E-state index in [-0.39, 0.29) is 16.7 Å². The summed E-state index contributed by atoms with van der Waals surface area (Å²) >= 11 is 0. The standard InChI is InChI=1S/C24H10F3N3O/c25-16-8-15-17(11(9-28)10-29)20(24(31)19(15)22(27)21(16)26)18-12-4-1-2-5-13(12)23-14(18)6-3-7-30-23/h1-8,24,31H/b20-18-. The molecular formula is C24H10F3N3O. The number of pyridine rings is 1. The molecule has 2 aliphatic rings. The molecule has 0 bridgehead atoms. The van der Waals surface area contributed by atoms with Crippen molar-refractivity contribution in [1.82, 2.24) is 4.98 Å². The van der Waals surface area contributed by atoms with Crippen LogP contribution in [0.4, 0.5) is 13.2 Å². The molecule has 31 heavy (non-hydrogen) atoms. The van der Waals surface area contributed by atoms with E-state index >= 15 is 0 Å². The van der Waals surface area contributed by atoms with Crippen LogP contribution in [-0.4, -0.2) is 10.1 Å². The van der Waals surface area contributed by atoms with Gasteiger partial charge < -0.3 is 5.11 Å². The van der Waals surface area contributed by atoms with Crippen molar-refractivity contribution in [2.24, 2.45) is 0 Å². The highest BCUT2D eigenvalue weighted by molar-refractivity contribution is 6.09. The first-order valence-corrected chi connectivity index (χ1v) is 9.19. The van der Waals surface area contributed by atoms with Crippen LogP contribution >= 0.6 is 0 Å². The van der Waals surface area contributed by atoms with Crippen LogP contribution in [0.1, 0.15) is 28.4 Å². The number of halogens is 3. The fourth-order valence-electron chi connectivity index (χ4n) is 4.34. The molecule has 2 aromatic carbocycles. The lowest BCUT2D eigenvalue weighted by Crippen LogP contribution is -2.03. The first kappa shape index (κ1) is 18.8. The minimum atomic E-state index is -1.73. The van der Waals surface area contributed by atoms with Gasteiger partial charge in [0.1, 0.15) is 23.8 Å². The minimum Gasteiger partial charge on any atom is -0.383 e. The van der Waals surface area contributed by atoms with E-state index in [4.69, 9.17) is 0 Å². The Kier molecular flexibility index (Phi) is 4.04. The minimum absolute atomic E-state index is 0.0381. The highest BCUT2D eigenvalue weighted by Gasteiger charge is 2.41. The van der Waals surface area contributed by atoms with Crippen LogP contribution in [0.3, 0.4) is 0 Å². The fraction of sp³-hybridized carbons (Fsp3) is 0.0417. The van der Waals surface area contributed by atoms with Crippen molar-refractivity contribution in [1.29, 1.82) is 10.5 Å². The smallest absolute Gasteiger partial charge is 0.194 e. The summed E-state index contributed by atoms with van der Waals surface area (Å²) in [4.78, 5) is 4.40. The van der Waals surface area contributed by atoms with E-state index in [1.807, 2.05) is 12.1 Å². The van der Waals surface area contributed by atoms with Gasteiger partial charge >= 0.3 is 0 Å². The molecule has 1 heterocycles. The maximum atomic E-state index is 14.7. The van der Waals surface area contributed by atoms with Crippen LogP contribution in [0.5, 0.6) is 0 Å². The Morgan fingerprint density at radius 2 is 1.58 bits per heavy atom. The molecule has 5 rings (SSSR count). The van der Waals surface area contributed by atoms with Crippen LogP contribution in [-0.2, 0) is 0 Å². The quantitative estimate of drug-likeness (QED) is 0.331. The number of hydrogen-bond acceptors (Lipinski definition) is 4. The summed E-state index contributed by atoms with van der Waals surface area (Å²) in [7, 11) is 0. The molecule has 7 heteroatoms. The van der Waals surface area contributed by atoms with Crippen LogP contribution < -0.4 is 0 Å². The summed E-state index contributed by atoms with van der Waals surface area (Å²) in [5.74, 6) is -4.76. The van der Waals surface area contributed by atoms with E-state index in [0.717, 1.165) is 5.56 Å². The molecule has 1 unspecified atom stereocenters. The van der Waals surface area contributed by atoms with Crippen LogP contribution in [0.25, 0.3) is 22.4 Å². The van der Waals surface area contributed by atoms with Gasteiger partial charge in [0.25, 0.3) is 0 Å². The van der Waals surface area contributed by atoms with Gasteiger partial charge in [-0.2, -0.15) is 10.5 Å². The number of allylic oxidation sites excluding steroid dienone is 1. The predicted molar refractivity (Wildman–Crippen MR) is 105 cm³/mol. The molecule has 0 spiro atoms. The van der Waals surface area contributed by atoms with Crippen molar-refractivity contribution < 1.29 is 18.3 Å². The van der Waals surface area contributed by atoms with Crippen molar-refractivity contribution in [3.8, 4) is 23.4 Å². The molecule has 4 nitrogen and oxygen atoms in total. The average molecular weight is 413 g/mol. The van der Waals surface area contributed by atoms with Crippen LogP contribution in [0.15, 0.2) is 59.8 Å². The molecule has 0 radical (unpaired) electrons. The topological polar surface area (TPSA) is 80.7 Å². The van der Waals surface area contributed by atoms with Crippen molar-refractivity contribution in [2.45, 2.75) is 6.10 Å². The molecule has 1 aromatic heterocycles. The number of aliphatic hydroxyl groups is 1. The monoisotopic (exact) mass is 413 g/mol. The molecule has 0 saturated heterocycles. The number of benzene rings is 2. The summed E-state index contributed by atoms with van der Waals surface area (Å²) in [6.07, 6.45) is -0.119. The molecule has 0 fully saturated rings. The van der Waals surface area contributed by atoms with Crippen molar-refractivity contribution in [3.05, 3.63) is 99.5 Å². The van der Waals surface area contributed by atoms with Gasteiger partial charge in [-0.15, -0.1) is 0 Å². The summed E-state index contributed by atoms with van der Waals surface area (Å²) in [6, 6.07) is 14.7. The summed E-state index contributed by atoms with van der Waals surface area (Å²) in [5, 5.41) is 30.2. The number of hydrogen-bond donors (Lipinski definition) is 1. The number of fused-ring (bicyclic) bond motifs is 4. The molecule has 0 aliphatic heterocycles. The third kappa shape index (κ3) is 2.41. The maximum absolute atomic E-state index is 14.7. The second-order valence-electron chi connectivity index (χ2n) is 7.06. The molecule has 2 aliphatic carbocycles. The van der Waals surface area contributed by atoms with Gasteiger partial charge in [-0.05, 0) is 28.8 Å². The first-order valence-electron chi connectivity index (χ1n) is 9.19. The molecule has 148 valence electrons. The van der Waals surface area contributed by atoms with E-state index in [9.17, 15) is 28.8 Å². The number of rotatable bonds is 0. The average Bonchev–Trinajstić information content (AvgIpc) is 3.25. The molecule has 3 aromatic rings. The van der Waals surface area contributed by atoms with E-state index in [1.165, 1.54) is 0 Å². The highest BCUT2D eigenvalue weighted by Crippen LogP contribution is 2.55. The van der Waals surface area contributed by atoms with Gasteiger partial charge in [0.05, 0.1) is 5.69 Å². The van der Waals surface area contributed by atoms with Crippen molar-refractivity contribution in [2.75, 3.05) is 0 Å². The Bertz CT molecular complexity index is 1390. The van der Waals surface area contributed by atoms with Gasteiger partial charge in [0.2, 0.25) is 0 Å². The van der Waals surface area contributed by atoms with Crippen LogP contribution in [0, 0.1) is 40.1 Å². The van der Waals surface area contributed by atoms with Gasteiger partial charge in [-0.25, -0.2) is 13.2 Å². The van der Waals surface area contributed by atoms with Gasteiger partial charge in [0, 0.05) is 34.0 Å². The zero-order valence-electron chi connectivity index (χ0n) is 15.6. The molecule has 1 atom stereocenters. The van der Waals surface area contributed by atoms with E-state index in [0.29, 0.717) is 28.5 Å². The zero-order valence-corrected chi connectivity index (χ0v) is 15.6. The third-order valence-corrected chi connectivity index (χ3v) is 5.56. The second kappa shape index (κ2) is 6.66. The van der Waals surface area contributed by atoms with E-state index in [2.05, 4.69) is 4.98 Å². The normalized spacial score (nSPS) is 18.1. The maximum Gasteiger partial charge on any atom is 0.194 e. The molecular weight excluding hydrogens is 403 g/mol. The molecule has 0 amide bonds. The lowest BCUT2D eigenvalue weighted by Gasteiger charge is -2.14. The molecule has 0 saturated carbocycles. The summed E-state index contributed by atoms with van der Waals surface area (Å²) < 4.78 is 42.8. The van der Waals surface area contributed by atoms with Gasteiger partial charge in [-0.1, -0.05) is 30.3 Å². The molecule has 1 N–H and O–H groups in total. The van der Waals surface area contributed by atoms with E-state index in [1.54, 1.807) is 42.6 Å². The van der Waals surface area contributed by atoms with E-state index < -0.39 is 34.7 Å². The Hall–Kier alpha value is -4.20. The third-order valence-electron chi connectivity index (χ3n) is 5.56. The Balaban J connectivity index is 1.99. The van der Waals surface area contributed by atoms with Crippen molar-refractivity contribution in [3.63, 3.8) is 0 Å². The lowest BCUT2D eigenvalue weighted by atomic mass is 9.90. The Morgan fingerprint density at radius 3 is 2.29 bits per heavy atom. The second-order valence-corrected chi connectivity index (χ2v) is 7.06. The SMILES string of the molecule is N#CC(C#N)=C1/C(=C2\c3ccccc3-c3ncccc32)C(O)c2c1cc(F)c(F)c2F. The Labute approximate surface area is 174 Å². The van der Waals surface area contributed by atoms with Gasteiger partial charge in [0.15, 0.2) is 17.5 Å². The number of aliphatic hydroxyl groups excluding tert-OH is 1. The largest absolute Gasteiger partial charge is 0.383 e. The zero-order chi connectivity index (χ0) is 21.9. The number of nitriles is 2.